The van der Waals surface area contributed by atoms with Gasteiger partial charge in [-0.05, 0) is 73.2 Å². The third kappa shape index (κ3) is 6.43. The van der Waals surface area contributed by atoms with Gasteiger partial charge in [-0.3, -0.25) is 9.79 Å². The molecule has 0 aromatic heterocycles. The third-order valence-electron chi connectivity index (χ3n) is 4.37. The SMILES string of the molecule is CCOC(=O)c1ccc(N=Cc2ccc(OCC(=O)Nc3ccccc3OC)cc2)cc1. The molecule has 1 amide bonds. The Hall–Kier alpha value is -4.13. The molecule has 0 saturated carbocycles. The average molecular weight is 432 g/mol. The van der Waals surface area contributed by atoms with E-state index in [2.05, 4.69) is 10.3 Å². The zero-order chi connectivity index (χ0) is 22.8. The maximum atomic E-state index is 12.1. The second-order valence-electron chi connectivity index (χ2n) is 6.63. The zero-order valence-corrected chi connectivity index (χ0v) is 17.9. The molecule has 1 N–H and O–H groups in total. The molecule has 0 atom stereocenters. The normalized spacial score (nSPS) is 10.6. The van der Waals surface area contributed by atoms with Crippen LogP contribution in [0.25, 0.3) is 0 Å². The standard InChI is InChI=1S/C25H24N2O5/c1-3-31-25(29)19-10-12-20(13-11-19)26-16-18-8-14-21(15-9-18)32-17-24(28)27-22-6-4-5-7-23(22)30-2/h4-16H,3,17H2,1-2H3,(H,27,28). The predicted octanol–water partition coefficient (Wildman–Crippen LogP) is 4.64. The molecule has 0 aliphatic heterocycles. The number of esters is 1. The van der Waals surface area contributed by atoms with Crippen LogP contribution in [-0.4, -0.2) is 38.4 Å². The highest BCUT2D eigenvalue weighted by Gasteiger charge is 2.08. The topological polar surface area (TPSA) is 86.2 Å². The fourth-order valence-electron chi connectivity index (χ4n) is 2.78. The molecule has 7 nitrogen and oxygen atoms in total. The highest BCUT2D eigenvalue weighted by Crippen LogP contribution is 2.23. The summed E-state index contributed by atoms with van der Waals surface area (Å²) in [6, 6.07) is 21.2. The summed E-state index contributed by atoms with van der Waals surface area (Å²) in [6.07, 6.45) is 1.71. The van der Waals surface area contributed by atoms with E-state index in [-0.39, 0.29) is 18.5 Å². The van der Waals surface area contributed by atoms with E-state index in [1.54, 1.807) is 68.8 Å². The smallest absolute Gasteiger partial charge is 0.338 e. The van der Waals surface area contributed by atoms with Crippen molar-refractivity contribution >= 4 is 29.5 Å². The number of hydrogen-bond donors (Lipinski definition) is 1. The van der Waals surface area contributed by atoms with Gasteiger partial charge in [-0.15, -0.1) is 0 Å². The number of ether oxygens (including phenoxy) is 3. The molecule has 0 bridgehead atoms. The van der Waals surface area contributed by atoms with Crippen molar-refractivity contribution in [2.45, 2.75) is 6.92 Å². The summed E-state index contributed by atoms with van der Waals surface area (Å²) in [6.45, 7) is 1.98. The largest absolute Gasteiger partial charge is 0.495 e. The van der Waals surface area contributed by atoms with E-state index in [0.29, 0.717) is 35.0 Å². The zero-order valence-electron chi connectivity index (χ0n) is 17.9. The van der Waals surface area contributed by atoms with Gasteiger partial charge in [0.25, 0.3) is 5.91 Å². The van der Waals surface area contributed by atoms with Crippen LogP contribution in [0, 0.1) is 0 Å². The van der Waals surface area contributed by atoms with Crippen LogP contribution in [0.4, 0.5) is 11.4 Å². The Morgan fingerprint density at radius 2 is 1.69 bits per heavy atom. The lowest BCUT2D eigenvalue weighted by molar-refractivity contribution is -0.118. The second kappa shape index (κ2) is 11.3. The van der Waals surface area contributed by atoms with Gasteiger partial charge in [0.2, 0.25) is 0 Å². The van der Waals surface area contributed by atoms with Gasteiger partial charge in [0.1, 0.15) is 11.5 Å². The quantitative estimate of drug-likeness (QED) is 0.393. The van der Waals surface area contributed by atoms with Crippen LogP contribution < -0.4 is 14.8 Å². The molecule has 0 heterocycles. The highest BCUT2D eigenvalue weighted by molar-refractivity contribution is 5.93. The minimum absolute atomic E-state index is 0.127. The van der Waals surface area contributed by atoms with Gasteiger partial charge in [0.15, 0.2) is 6.61 Å². The molecule has 0 spiro atoms. The van der Waals surface area contributed by atoms with Gasteiger partial charge in [0.05, 0.1) is 30.7 Å². The Morgan fingerprint density at radius 1 is 0.969 bits per heavy atom. The summed E-state index contributed by atoms with van der Waals surface area (Å²) in [7, 11) is 1.55. The molecule has 0 unspecified atom stereocenters. The molecule has 164 valence electrons. The lowest BCUT2D eigenvalue weighted by Gasteiger charge is -2.10. The van der Waals surface area contributed by atoms with Gasteiger partial charge < -0.3 is 19.5 Å². The summed E-state index contributed by atoms with van der Waals surface area (Å²) in [4.78, 5) is 28.2. The first-order valence-electron chi connectivity index (χ1n) is 10.1. The number of nitrogens with one attached hydrogen (secondary N) is 1. The van der Waals surface area contributed by atoms with Crippen molar-refractivity contribution in [3.05, 3.63) is 83.9 Å². The molecule has 0 radical (unpaired) electrons. The van der Waals surface area contributed by atoms with Crippen molar-refractivity contribution in [1.29, 1.82) is 0 Å². The maximum absolute atomic E-state index is 12.1. The predicted molar refractivity (Wildman–Crippen MR) is 123 cm³/mol. The van der Waals surface area contributed by atoms with E-state index >= 15 is 0 Å². The molecular formula is C25H24N2O5. The highest BCUT2D eigenvalue weighted by atomic mass is 16.5. The van der Waals surface area contributed by atoms with Crippen LogP contribution in [-0.2, 0) is 9.53 Å². The molecule has 3 aromatic carbocycles. The number of anilines is 1. The second-order valence-corrected chi connectivity index (χ2v) is 6.63. The van der Waals surface area contributed by atoms with Crippen molar-refractivity contribution in [2.75, 3.05) is 25.6 Å². The minimum Gasteiger partial charge on any atom is -0.495 e. The van der Waals surface area contributed by atoms with Gasteiger partial charge in [-0.25, -0.2) is 4.79 Å². The first-order valence-corrected chi connectivity index (χ1v) is 10.1. The number of aliphatic imine (C=N–C) groups is 1. The molecule has 3 aromatic rings. The van der Waals surface area contributed by atoms with E-state index < -0.39 is 0 Å². The number of amides is 1. The Kier molecular flexibility index (Phi) is 7.97. The number of carbonyl (C=O) groups is 2. The summed E-state index contributed by atoms with van der Waals surface area (Å²) >= 11 is 0. The summed E-state index contributed by atoms with van der Waals surface area (Å²) < 4.78 is 15.7. The molecule has 0 aliphatic rings. The van der Waals surface area contributed by atoms with Crippen molar-refractivity contribution in [3.8, 4) is 11.5 Å². The van der Waals surface area contributed by atoms with Crippen LogP contribution in [0.3, 0.4) is 0 Å². The van der Waals surface area contributed by atoms with Gasteiger partial charge in [0, 0.05) is 6.21 Å². The van der Waals surface area contributed by atoms with Crippen LogP contribution >= 0.6 is 0 Å². The van der Waals surface area contributed by atoms with Crippen molar-refractivity contribution in [3.63, 3.8) is 0 Å². The van der Waals surface area contributed by atoms with Gasteiger partial charge >= 0.3 is 5.97 Å². The van der Waals surface area contributed by atoms with Crippen LogP contribution in [0.2, 0.25) is 0 Å². The molecule has 7 heteroatoms. The number of methoxy groups -OCH3 is 1. The van der Waals surface area contributed by atoms with E-state index in [1.165, 1.54) is 0 Å². The Balaban J connectivity index is 1.51. The summed E-state index contributed by atoms with van der Waals surface area (Å²) in [5.74, 6) is 0.512. The fraction of sp³-hybridized carbons (Fsp3) is 0.160. The van der Waals surface area contributed by atoms with Crippen molar-refractivity contribution < 1.29 is 23.8 Å². The summed E-state index contributed by atoms with van der Waals surface area (Å²) in [5, 5.41) is 2.76. The number of carbonyl (C=O) groups excluding carboxylic acids is 2. The Labute approximate surface area is 186 Å². The maximum Gasteiger partial charge on any atom is 0.338 e. The Bertz CT molecular complexity index is 1080. The average Bonchev–Trinajstić information content (AvgIpc) is 2.83. The van der Waals surface area contributed by atoms with E-state index in [9.17, 15) is 9.59 Å². The number of para-hydroxylation sites is 2. The summed E-state index contributed by atoms with van der Waals surface area (Å²) in [5.41, 5.74) is 2.66. The molecule has 0 fully saturated rings. The van der Waals surface area contributed by atoms with E-state index in [0.717, 1.165) is 5.56 Å². The lowest BCUT2D eigenvalue weighted by atomic mass is 10.2. The van der Waals surface area contributed by atoms with Crippen LogP contribution in [0.5, 0.6) is 11.5 Å². The third-order valence-corrected chi connectivity index (χ3v) is 4.37. The van der Waals surface area contributed by atoms with E-state index in [4.69, 9.17) is 14.2 Å². The van der Waals surface area contributed by atoms with Gasteiger partial charge in [-0.2, -0.15) is 0 Å². The number of benzene rings is 3. The number of hydrogen-bond acceptors (Lipinski definition) is 6. The number of nitrogens with zero attached hydrogens (tertiary/aromatic N) is 1. The van der Waals surface area contributed by atoms with Crippen LogP contribution in [0.1, 0.15) is 22.8 Å². The fourth-order valence-corrected chi connectivity index (χ4v) is 2.78. The van der Waals surface area contributed by atoms with Crippen molar-refractivity contribution in [2.24, 2.45) is 4.99 Å². The first-order chi connectivity index (χ1) is 15.6. The Morgan fingerprint density at radius 3 is 2.38 bits per heavy atom. The molecule has 3 rings (SSSR count). The minimum atomic E-state index is -0.352. The molecular weight excluding hydrogens is 408 g/mol. The van der Waals surface area contributed by atoms with E-state index in [1.807, 2.05) is 24.3 Å². The van der Waals surface area contributed by atoms with Crippen molar-refractivity contribution in [1.82, 2.24) is 0 Å². The van der Waals surface area contributed by atoms with Crippen LogP contribution in [0.15, 0.2) is 77.8 Å². The monoisotopic (exact) mass is 432 g/mol. The molecule has 32 heavy (non-hydrogen) atoms. The van der Waals surface area contributed by atoms with Gasteiger partial charge in [-0.1, -0.05) is 12.1 Å². The lowest BCUT2D eigenvalue weighted by Crippen LogP contribution is -2.20. The molecule has 0 aliphatic carbocycles. The number of rotatable bonds is 9. The molecule has 0 saturated heterocycles. The first kappa shape index (κ1) is 22.6.